The van der Waals surface area contributed by atoms with Gasteiger partial charge in [0.05, 0.1) is 4.92 Å². The molecule has 0 saturated heterocycles. The van der Waals surface area contributed by atoms with Gasteiger partial charge in [-0.25, -0.2) is 9.18 Å². The monoisotopic (exact) mass is 291 g/mol. The maximum absolute atomic E-state index is 13.4. The highest BCUT2D eigenvalue weighted by Crippen LogP contribution is 2.34. The molecular weight excluding hydrogens is 281 g/mol. The number of carbonyl (C=O) groups is 1. The first-order chi connectivity index (χ1) is 9.90. The zero-order valence-electron chi connectivity index (χ0n) is 10.9. The number of nitro groups is 1. The molecule has 2 aromatic carbocycles. The first-order valence-electron chi connectivity index (χ1n) is 5.85. The summed E-state index contributed by atoms with van der Waals surface area (Å²) >= 11 is 0. The Kier molecular flexibility index (Phi) is 3.84. The van der Waals surface area contributed by atoms with Gasteiger partial charge in [-0.05, 0) is 30.7 Å². The molecule has 7 heteroatoms. The Morgan fingerprint density at radius 3 is 2.62 bits per heavy atom. The zero-order chi connectivity index (χ0) is 15.6. The number of hydrogen-bond donors (Lipinski definition) is 1. The van der Waals surface area contributed by atoms with Gasteiger partial charge < -0.3 is 9.84 Å². The number of ether oxygens (including phenoxy) is 1. The summed E-state index contributed by atoms with van der Waals surface area (Å²) in [4.78, 5) is 21.2. The molecule has 21 heavy (non-hydrogen) atoms. The van der Waals surface area contributed by atoms with E-state index in [0.29, 0.717) is 5.56 Å². The SMILES string of the molecule is Cc1ccc(Oc2cccc(C(=O)O)c2[N+](=O)[O-])cc1F. The normalized spacial score (nSPS) is 10.2. The van der Waals surface area contributed by atoms with Crippen LogP contribution in [0.5, 0.6) is 11.5 Å². The van der Waals surface area contributed by atoms with Gasteiger partial charge in [0.1, 0.15) is 17.1 Å². The average Bonchev–Trinajstić information content (AvgIpc) is 2.42. The molecular formula is C14H10FNO5. The van der Waals surface area contributed by atoms with Crippen molar-refractivity contribution < 1.29 is 24.0 Å². The van der Waals surface area contributed by atoms with Crippen molar-refractivity contribution >= 4 is 11.7 Å². The van der Waals surface area contributed by atoms with Crippen LogP contribution in [-0.2, 0) is 0 Å². The van der Waals surface area contributed by atoms with Crippen LogP contribution in [0.2, 0.25) is 0 Å². The predicted molar refractivity (Wildman–Crippen MR) is 71.3 cm³/mol. The first-order valence-corrected chi connectivity index (χ1v) is 5.85. The van der Waals surface area contributed by atoms with Gasteiger partial charge in [-0.2, -0.15) is 0 Å². The molecule has 0 aliphatic rings. The summed E-state index contributed by atoms with van der Waals surface area (Å²) in [5, 5.41) is 20.0. The van der Waals surface area contributed by atoms with Gasteiger partial charge in [0, 0.05) is 6.07 Å². The fourth-order valence-corrected chi connectivity index (χ4v) is 1.73. The maximum Gasteiger partial charge on any atom is 0.342 e. The van der Waals surface area contributed by atoms with E-state index in [1.165, 1.54) is 24.3 Å². The number of nitrogens with zero attached hydrogens (tertiary/aromatic N) is 1. The van der Waals surface area contributed by atoms with Gasteiger partial charge in [0.15, 0.2) is 0 Å². The van der Waals surface area contributed by atoms with Gasteiger partial charge in [0.25, 0.3) is 0 Å². The number of halogens is 1. The second-order valence-electron chi connectivity index (χ2n) is 4.23. The smallest absolute Gasteiger partial charge is 0.342 e. The Bertz CT molecular complexity index is 729. The molecule has 6 nitrogen and oxygen atoms in total. The molecule has 108 valence electrons. The van der Waals surface area contributed by atoms with Gasteiger partial charge in [-0.15, -0.1) is 0 Å². The Balaban J connectivity index is 2.48. The van der Waals surface area contributed by atoms with Crippen molar-refractivity contribution in [3.05, 3.63) is 63.5 Å². The van der Waals surface area contributed by atoms with Crippen LogP contribution in [0.15, 0.2) is 36.4 Å². The predicted octanol–water partition coefficient (Wildman–Crippen LogP) is 3.53. The summed E-state index contributed by atoms with van der Waals surface area (Å²) in [7, 11) is 0. The van der Waals surface area contributed by atoms with E-state index in [-0.39, 0.29) is 11.5 Å². The number of carboxylic acid groups (broad SMARTS) is 1. The number of benzene rings is 2. The van der Waals surface area contributed by atoms with Crippen LogP contribution in [0.3, 0.4) is 0 Å². The third-order valence-electron chi connectivity index (χ3n) is 2.78. The number of hydrogen-bond acceptors (Lipinski definition) is 4. The number of nitro benzene ring substituents is 1. The lowest BCUT2D eigenvalue weighted by Gasteiger charge is -2.08. The van der Waals surface area contributed by atoms with E-state index >= 15 is 0 Å². The summed E-state index contributed by atoms with van der Waals surface area (Å²) < 4.78 is 18.7. The lowest BCUT2D eigenvalue weighted by Crippen LogP contribution is -2.04. The second kappa shape index (κ2) is 5.58. The third kappa shape index (κ3) is 2.97. The number of rotatable bonds is 4. The molecule has 0 aliphatic carbocycles. The van der Waals surface area contributed by atoms with Crippen LogP contribution in [0.4, 0.5) is 10.1 Å². The van der Waals surface area contributed by atoms with E-state index in [1.54, 1.807) is 6.92 Å². The van der Waals surface area contributed by atoms with Crippen molar-refractivity contribution in [2.75, 3.05) is 0 Å². The Hall–Kier alpha value is -2.96. The molecule has 0 unspecified atom stereocenters. The van der Waals surface area contributed by atoms with Crippen molar-refractivity contribution in [1.82, 2.24) is 0 Å². The molecule has 0 aromatic heterocycles. The van der Waals surface area contributed by atoms with Gasteiger partial charge in [-0.3, -0.25) is 10.1 Å². The van der Waals surface area contributed by atoms with E-state index in [0.717, 1.165) is 12.1 Å². The summed E-state index contributed by atoms with van der Waals surface area (Å²) in [6.45, 7) is 1.56. The minimum absolute atomic E-state index is 0.0451. The van der Waals surface area contributed by atoms with Gasteiger partial charge in [0.2, 0.25) is 5.75 Å². The van der Waals surface area contributed by atoms with Crippen LogP contribution in [0.1, 0.15) is 15.9 Å². The van der Waals surface area contributed by atoms with E-state index < -0.39 is 28.0 Å². The Labute approximate surface area is 118 Å². The molecule has 2 rings (SSSR count). The average molecular weight is 291 g/mol. The molecule has 0 heterocycles. The molecule has 0 saturated carbocycles. The minimum atomic E-state index is -1.44. The topological polar surface area (TPSA) is 89.7 Å². The van der Waals surface area contributed by atoms with E-state index in [9.17, 15) is 19.3 Å². The van der Waals surface area contributed by atoms with Crippen LogP contribution >= 0.6 is 0 Å². The molecule has 0 fully saturated rings. The lowest BCUT2D eigenvalue weighted by molar-refractivity contribution is -0.386. The summed E-state index contributed by atoms with van der Waals surface area (Å²) in [5.74, 6) is -2.18. The number of aryl methyl sites for hydroxylation is 1. The standard InChI is InChI=1S/C14H10FNO5/c1-8-5-6-9(7-11(8)15)21-12-4-2-3-10(14(17)18)13(12)16(19)20/h2-7H,1H3,(H,17,18). The number of para-hydroxylation sites is 1. The van der Waals surface area contributed by atoms with Crippen LogP contribution in [0.25, 0.3) is 0 Å². The fraction of sp³-hybridized carbons (Fsp3) is 0.0714. The van der Waals surface area contributed by atoms with Crippen molar-refractivity contribution in [2.45, 2.75) is 6.92 Å². The first kappa shape index (κ1) is 14.4. The highest BCUT2D eigenvalue weighted by molar-refractivity contribution is 5.93. The fourth-order valence-electron chi connectivity index (χ4n) is 1.73. The molecule has 0 amide bonds. The van der Waals surface area contributed by atoms with Crippen LogP contribution < -0.4 is 4.74 Å². The number of carboxylic acids is 1. The number of aromatic carboxylic acids is 1. The van der Waals surface area contributed by atoms with E-state index in [4.69, 9.17) is 9.84 Å². The maximum atomic E-state index is 13.4. The minimum Gasteiger partial charge on any atom is -0.477 e. The highest BCUT2D eigenvalue weighted by atomic mass is 19.1. The molecule has 0 atom stereocenters. The quantitative estimate of drug-likeness (QED) is 0.687. The lowest BCUT2D eigenvalue weighted by atomic mass is 10.1. The van der Waals surface area contributed by atoms with Crippen molar-refractivity contribution in [3.8, 4) is 11.5 Å². The largest absolute Gasteiger partial charge is 0.477 e. The second-order valence-corrected chi connectivity index (χ2v) is 4.23. The molecule has 0 radical (unpaired) electrons. The van der Waals surface area contributed by atoms with Gasteiger partial charge in [-0.1, -0.05) is 12.1 Å². The summed E-state index contributed by atoms with van der Waals surface area (Å²) in [6, 6.07) is 7.64. The molecule has 0 aliphatic heterocycles. The zero-order valence-corrected chi connectivity index (χ0v) is 10.9. The molecule has 1 N–H and O–H groups in total. The van der Waals surface area contributed by atoms with Gasteiger partial charge >= 0.3 is 11.7 Å². The van der Waals surface area contributed by atoms with Crippen molar-refractivity contribution in [2.24, 2.45) is 0 Å². The van der Waals surface area contributed by atoms with E-state index in [2.05, 4.69) is 0 Å². The summed E-state index contributed by atoms with van der Waals surface area (Å²) in [6.07, 6.45) is 0. The van der Waals surface area contributed by atoms with E-state index in [1.807, 2.05) is 0 Å². The molecule has 0 spiro atoms. The van der Waals surface area contributed by atoms with Crippen LogP contribution in [0, 0.1) is 22.9 Å². The Morgan fingerprint density at radius 2 is 2.05 bits per heavy atom. The van der Waals surface area contributed by atoms with Crippen molar-refractivity contribution in [1.29, 1.82) is 0 Å². The molecule has 0 bridgehead atoms. The molecule has 2 aromatic rings. The Morgan fingerprint density at radius 1 is 1.33 bits per heavy atom. The summed E-state index contributed by atoms with van der Waals surface area (Å²) in [5.41, 5.74) is -0.771. The van der Waals surface area contributed by atoms with Crippen LogP contribution in [-0.4, -0.2) is 16.0 Å². The van der Waals surface area contributed by atoms with Crippen molar-refractivity contribution in [3.63, 3.8) is 0 Å². The highest BCUT2D eigenvalue weighted by Gasteiger charge is 2.25. The third-order valence-corrected chi connectivity index (χ3v) is 2.78.